The average Bonchev–Trinajstić information content (AvgIpc) is 1.00. The number of Topliss-reactive ketones (excluding diaryl/α,β-unsaturated/α-hetero) is 1. The molecule has 574 valence electrons. The van der Waals surface area contributed by atoms with E-state index in [0.717, 1.165) is 59.0 Å². The van der Waals surface area contributed by atoms with Crippen LogP contribution in [0, 0.1) is 38.5 Å². The summed E-state index contributed by atoms with van der Waals surface area (Å²) in [7, 11) is 3.27. The number of methoxy groups -OCH3 is 2. The predicted octanol–water partition coefficient (Wildman–Crippen LogP) is 12.4. The minimum Gasteiger partial charge on any atom is -0.504 e. The molecule has 0 saturated carbocycles. The topological polar surface area (TPSA) is 321 Å². The van der Waals surface area contributed by atoms with Gasteiger partial charge in [0.2, 0.25) is 0 Å². The largest absolute Gasteiger partial charge is 0.504 e. The Morgan fingerprint density at radius 2 is 1.19 bits per heavy atom. The summed E-state index contributed by atoms with van der Waals surface area (Å²) < 4.78 is 69.9. The minimum absolute atomic E-state index is 0.0707. The third kappa shape index (κ3) is 22.7. The number of carbonyl (C=O) groups is 2. The van der Waals surface area contributed by atoms with Gasteiger partial charge in [0.15, 0.2) is 69.6 Å². The lowest BCUT2D eigenvalue weighted by molar-refractivity contribution is -0.139. The number of nitrogens with two attached hydrogens (primary N) is 1. The molecule has 3 heterocycles. The number of fused-ring (bicyclic) bond motifs is 4. The van der Waals surface area contributed by atoms with Gasteiger partial charge >= 0.3 is 17.5 Å². The molecule has 0 fully saturated rings. The number of benzene rings is 8. The predicted molar refractivity (Wildman–Crippen MR) is 416 cm³/mol. The van der Waals surface area contributed by atoms with E-state index in [1.165, 1.54) is 50.4 Å². The van der Waals surface area contributed by atoms with E-state index in [2.05, 4.69) is 51.4 Å². The fourth-order valence-electron chi connectivity index (χ4n) is 12.3. The summed E-state index contributed by atoms with van der Waals surface area (Å²) in [6.45, 7) is 9.59. The summed E-state index contributed by atoms with van der Waals surface area (Å²) in [4.78, 5) is 56.4. The number of nitrogens with one attached hydrogen (secondary N) is 1. The highest BCUT2D eigenvalue weighted by Gasteiger charge is 2.25. The lowest BCUT2D eigenvalue weighted by Gasteiger charge is -2.27. The van der Waals surface area contributed by atoms with Crippen molar-refractivity contribution < 1.29 is 81.1 Å². The molecule has 0 spiro atoms. The van der Waals surface area contributed by atoms with E-state index in [9.17, 15) is 29.4 Å². The minimum atomic E-state index is -1.13. The number of ketones is 1. The summed E-state index contributed by atoms with van der Waals surface area (Å²) in [5.41, 5.74) is 18.1. The first-order valence-electron chi connectivity index (χ1n) is 36.0. The van der Waals surface area contributed by atoms with E-state index in [1.54, 1.807) is 44.6 Å². The van der Waals surface area contributed by atoms with Crippen molar-refractivity contribution in [3.63, 3.8) is 0 Å². The highest BCUT2D eigenvalue weighted by molar-refractivity contribution is 5.93. The average molecular weight is 1500 g/mol. The lowest BCUT2D eigenvalue weighted by Crippen LogP contribution is -2.18. The van der Waals surface area contributed by atoms with Gasteiger partial charge in [-0.25, -0.2) is 24.4 Å². The van der Waals surface area contributed by atoms with E-state index in [4.69, 9.17) is 79.9 Å². The number of phenolic OH excluding ortho intramolecular Hbond substituents is 2. The number of aliphatic carboxylic acids is 1. The molecule has 2 atom stereocenters. The third-order valence-corrected chi connectivity index (χ3v) is 17.7. The Hall–Kier alpha value is -12.1. The molecule has 110 heavy (non-hydrogen) atoms. The van der Waals surface area contributed by atoms with Crippen LogP contribution in [0.3, 0.4) is 0 Å². The van der Waals surface area contributed by atoms with Crippen molar-refractivity contribution in [2.45, 2.75) is 84.4 Å². The molecule has 12 rings (SSSR count). The number of carbonyl (C=O) groups excluding carboxylic acids is 1. The smallest absolute Gasteiger partial charge is 0.420 e. The van der Waals surface area contributed by atoms with Crippen LogP contribution in [0.2, 0.25) is 0 Å². The van der Waals surface area contributed by atoms with Crippen LogP contribution in [0.15, 0.2) is 170 Å². The number of aryl methyl sites for hydroxylation is 3. The van der Waals surface area contributed by atoms with Crippen LogP contribution >= 0.6 is 0 Å². The van der Waals surface area contributed by atoms with E-state index in [0.29, 0.717) is 146 Å². The highest BCUT2D eigenvalue weighted by atomic mass is 16.6. The number of aromatic hydroxyl groups is 2. The Morgan fingerprint density at radius 3 is 1.79 bits per heavy atom. The van der Waals surface area contributed by atoms with Crippen molar-refractivity contribution >= 4 is 56.4 Å². The summed E-state index contributed by atoms with van der Waals surface area (Å²) in [5.74, 6) is 6.62. The second kappa shape index (κ2) is 40.2. The van der Waals surface area contributed by atoms with Gasteiger partial charge < -0.3 is 82.6 Å². The number of aromatic nitrogens is 4. The van der Waals surface area contributed by atoms with E-state index in [-0.39, 0.29) is 61.0 Å². The maximum Gasteiger partial charge on any atom is 0.420 e. The first kappa shape index (κ1) is 80.4. The number of hydrogen-bond acceptors (Lipinski definition) is 22. The van der Waals surface area contributed by atoms with Crippen LogP contribution in [-0.4, -0.2) is 146 Å². The van der Waals surface area contributed by atoms with E-state index in [1.807, 2.05) is 93.6 Å². The number of ether oxygens (including phenoxy) is 10. The maximum absolute atomic E-state index is 12.7. The molecule has 0 amide bonds. The first-order valence-corrected chi connectivity index (χ1v) is 36.0. The quantitative estimate of drug-likeness (QED) is 0.0180. The van der Waals surface area contributed by atoms with Crippen LogP contribution in [0.25, 0.3) is 33.1 Å². The highest BCUT2D eigenvalue weighted by Crippen LogP contribution is 2.42. The van der Waals surface area contributed by atoms with Gasteiger partial charge in [-0.1, -0.05) is 54.3 Å². The Labute approximate surface area is 636 Å². The molecule has 8 aromatic carbocycles. The Bertz CT molecular complexity index is 5160. The number of hydrogen-bond donors (Lipinski definition) is 5. The lowest BCUT2D eigenvalue weighted by atomic mass is 9.79. The van der Waals surface area contributed by atoms with Crippen LogP contribution in [0.4, 0.5) is 11.5 Å². The summed E-state index contributed by atoms with van der Waals surface area (Å²) >= 11 is 0. The second-order valence-corrected chi connectivity index (χ2v) is 26.0. The SMILES string of the molecule is C#Cc1cccc(CC2CCCc3cc(OCCOC(C)CCC(=O)COc4ccc(Cn5c(=O)oc6ccc(C)cc65)cc4O)c(OCCOC)cc32)c1.C#Cc1cccc(Nc2ncnc3cc(OCCOCCN)c(OCCOC)cc23)c1.Cc1ccc2oc(=O)n(Cc3ccc(OCC(=O)O)c(O)c3)c2c1. The fraction of sp³-hybridized carbons (Fsp3) is 0.318. The molecule has 25 nitrogen and oxygen atoms in total. The number of rotatable bonds is 36. The van der Waals surface area contributed by atoms with Gasteiger partial charge in [-0.3, -0.25) is 13.9 Å². The van der Waals surface area contributed by atoms with Crippen molar-refractivity contribution in [3.05, 3.63) is 223 Å². The van der Waals surface area contributed by atoms with Gasteiger partial charge in [-0.2, -0.15) is 0 Å². The molecule has 25 heteroatoms. The summed E-state index contributed by atoms with van der Waals surface area (Å²) in [6.07, 6.45) is 17.3. The summed E-state index contributed by atoms with van der Waals surface area (Å²) in [5, 5.41) is 33.2. The monoisotopic (exact) mass is 1500 g/mol. The van der Waals surface area contributed by atoms with Gasteiger partial charge in [-0.15, -0.1) is 12.8 Å². The van der Waals surface area contributed by atoms with Crippen molar-refractivity contribution in [2.24, 2.45) is 5.73 Å². The zero-order chi connectivity index (χ0) is 77.9. The number of anilines is 2. The fourth-order valence-corrected chi connectivity index (χ4v) is 12.3. The number of phenols is 2. The van der Waals surface area contributed by atoms with Gasteiger partial charge in [0.25, 0.3) is 0 Å². The van der Waals surface area contributed by atoms with Gasteiger partial charge in [0.1, 0.15) is 45.2 Å². The molecule has 11 aromatic rings. The Morgan fingerprint density at radius 1 is 0.618 bits per heavy atom. The van der Waals surface area contributed by atoms with Crippen molar-refractivity contribution in [1.82, 2.24) is 19.1 Å². The Kier molecular flexibility index (Phi) is 29.4. The Balaban J connectivity index is 0.000000196. The zero-order valence-electron chi connectivity index (χ0n) is 62.1. The number of carboxylic acids is 1. The molecule has 0 radical (unpaired) electrons. The molecule has 6 N–H and O–H groups in total. The van der Waals surface area contributed by atoms with Crippen LogP contribution in [-0.2, 0) is 54.5 Å². The van der Waals surface area contributed by atoms with Crippen molar-refractivity contribution in [3.8, 4) is 70.7 Å². The zero-order valence-corrected chi connectivity index (χ0v) is 62.1. The van der Waals surface area contributed by atoms with Gasteiger partial charge in [0.05, 0.1) is 68.8 Å². The van der Waals surface area contributed by atoms with Crippen LogP contribution in [0.5, 0.6) is 46.0 Å². The number of terminal acetylenes is 2. The normalized spacial score (nSPS) is 12.5. The molecule has 0 saturated heterocycles. The molecular formula is C85H90N6O19. The third-order valence-electron chi connectivity index (χ3n) is 17.7. The van der Waals surface area contributed by atoms with Gasteiger partial charge in [-0.05, 0) is 195 Å². The molecule has 0 aliphatic heterocycles. The molecule has 1 aliphatic rings. The first-order chi connectivity index (χ1) is 53.4. The van der Waals surface area contributed by atoms with Crippen molar-refractivity contribution in [1.29, 1.82) is 0 Å². The summed E-state index contributed by atoms with van der Waals surface area (Å²) in [6, 6.07) is 44.1. The van der Waals surface area contributed by atoms with Crippen LogP contribution < -0.4 is 51.0 Å². The van der Waals surface area contributed by atoms with Crippen molar-refractivity contribution in [2.75, 3.05) is 98.8 Å². The van der Waals surface area contributed by atoms with Gasteiger partial charge in [0, 0.05) is 55.5 Å². The molecule has 1 aliphatic carbocycles. The molecular weight excluding hydrogens is 1410 g/mol. The van der Waals surface area contributed by atoms with E-state index < -0.39 is 24.1 Å². The second-order valence-electron chi connectivity index (χ2n) is 26.0. The maximum atomic E-state index is 12.7. The molecule has 0 bridgehead atoms. The standard InChI is InChI=1S/C45H49NO9.C23H26N4O4.C17H15NO6/c1-5-32-8-6-9-33(23-32)24-35-10-7-11-36-26-43(44(27-38(35)36)52-19-18-50-4)53-21-20-51-31(3)13-15-37(47)29-54-42-17-14-34(25-40(42)48)28-46-39-22-30(2)12-16-41(39)55-45(46)49;1-3-17-5-4-6-18(13-17)27-23-19-14-21(30-11-9-28-2)22(15-20(19)25-16-26-23)31-12-10-29-8-7-24;1-10-2-4-14-12(6-10)18(17(22)24-14)8-11-3-5-15(13(19)7-11)23-9-16(20)21/h1,6,8-9,12,14,16-17,22-23,25-27,31,35,48H,7,10-11,13,15,18-21,24,28-29H2,2-4H3;1,4-6,13-16H,7-12,24H2,2H3,(H,25,26,27);2-7,19H,8-9H2,1H3,(H,20,21). The number of nitrogens with zero attached hydrogens (tertiary/aromatic N) is 4. The molecule has 3 aromatic heterocycles. The molecule has 2 unspecified atom stereocenters. The van der Waals surface area contributed by atoms with Crippen LogP contribution in [0.1, 0.15) is 88.6 Å². The van der Waals surface area contributed by atoms with E-state index >= 15 is 0 Å². The number of carboxylic acid groups (broad SMARTS) is 1. The number of oxazole rings is 2.